The van der Waals surface area contributed by atoms with Crippen LogP contribution >= 0.6 is 11.6 Å². The van der Waals surface area contributed by atoms with Gasteiger partial charge in [0.15, 0.2) is 0 Å². The highest BCUT2D eigenvalue weighted by molar-refractivity contribution is 6.30. The van der Waals surface area contributed by atoms with Crippen molar-refractivity contribution in [2.45, 2.75) is 20.4 Å². The minimum atomic E-state index is 0.686. The van der Waals surface area contributed by atoms with Crippen LogP contribution in [0.3, 0.4) is 0 Å². The molecule has 0 aliphatic heterocycles. The van der Waals surface area contributed by atoms with E-state index < -0.39 is 0 Å². The number of hydrazone groups is 1. The number of halogens is 1. The smallest absolute Gasteiger partial charge is 0.0580 e. The fraction of sp³-hybridized carbons (Fsp3) is 0.278. The van der Waals surface area contributed by atoms with E-state index in [1.807, 2.05) is 30.5 Å². The molecule has 0 saturated carbocycles. The molecule has 2 rings (SSSR count). The van der Waals surface area contributed by atoms with Crippen molar-refractivity contribution in [1.82, 2.24) is 5.43 Å². The van der Waals surface area contributed by atoms with E-state index in [4.69, 9.17) is 11.6 Å². The van der Waals surface area contributed by atoms with Gasteiger partial charge in [-0.05, 0) is 49.2 Å². The maximum absolute atomic E-state index is 5.86. The quantitative estimate of drug-likeness (QED) is 0.609. The number of hydrogen-bond donors (Lipinski definition) is 1. The largest absolute Gasteiger partial charge is 0.372 e. The maximum atomic E-state index is 5.86. The van der Waals surface area contributed by atoms with Crippen molar-refractivity contribution in [3.05, 3.63) is 64.7 Å². The minimum Gasteiger partial charge on any atom is -0.372 e. The third-order valence-corrected chi connectivity index (χ3v) is 3.78. The van der Waals surface area contributed by atoms with E-state index in [2.05, 4.69) is 53.5 Å². The fourth-order valence-electron chi connectivity index (χ4n) is 2.22. The molecule has 116 valence electrons. The summed E-state index contributed by atoms with van der Waals surface area (Å²) in [7, 11) is 0. The zero-order valence-corrected chi connectivity index (χ0v) is 13.8. The summed E-state index contributed by atoms with van der Waals surface area (Å²) < 4.78 is 0. The molecule has 0 bridgehead atoms. The number of nitrogens with zero attached hydrogens (tertiary/aromatic N) is 2. The zero-order valence-electron chi connectivity index (χ0n) is 13.1. The summed E-state index contributed by atoms with van der Waals surface area (Å²) in [6, 6.07) is 16.2. The lowest BCUT2D eigenvalue weighted by atomic mass is 10.2. The second kappa shape index (κ2) is 8.44. The Morgan fingerprint density at radius 1 is 1.00 bits per heavy atom. The van der Waals surface area contributed by atoms with Gasteiger partial charge in [0.2, 0.25) is 0 Å². The molecular weight excluding hydrogens is 294 g/mol. The molecule has 2 aromatic rings. The van der Waals surface area contributed by atoms with Crippen LogP contribution in [0.25, 0.3) is 0 Å². The Bertz CT molecular complexity index is 587. The second-order valence-corrected chi connectivity index (χ2v) is 5.42. The summed E-state index contributed by atoms with van der Waals surface area (Å²) in [5.41, 5.74) is 6.53. The van der Waals surface area contributed by atoms with E-state index in [1.54, 1.807) is 0 Å². The normalized spacial score (nSPS) is 10.9. The van der Waals surface area contributed by atoms with E-state index in [0.29, 0.717) is 6.54 Å². The molecule has 0 amide bonds. The molecule has 22 heavy (non-hydrogen) atoms. The van der Waals surface area contributed by atoms with Crippen LogP contribution in [0.4, 0.5) is 5.69 Å². The number of hydrogen-bond acceptors (Lipinski definition) is 3. The van der Waals surface area contributed by atoms with E-state index in [0.717, 1.165) is 29.2 Å². The average Bonchev–Trinajstić information content (AvgIpc) is 2.56. The van der Waals surface area contributed by atoms with Crippen LogP contribution in [-0.4, -0.2) is 19.3 Å². The molecule has 0 saturated heterocycles. The highest BCUT2D eigenvalue weighted by atomic mass is 35.5. The van der Waals surface area contributed by atoms with E-state index in [9.17, 15) is 0 Å². The summed E-state index contributed by atoms with van der Waals surface area (Å²) in [6.45, 7) is 7.06. The molecule has 0 unspecified atom stereocenters. The molecule has 0 aliphatic rings. The summed E-state index contributed by atoms with van der Waals surface area (Å²) >= 11 is 5.86. The number of benzene rings is 2. The standard InChI is InChI=1S/C18H22ClN3/c1-3-22(4-2)18-11-7-16(8-12-18)14-21-20-13-15-5-9-17(19)10-6-15/h5-12,14,20H,3-4,13H2,1-2H3/b21-14-. The molecule has 0 aromatic heterocycles. The lowest BCUT2D eigenvalue weighted by molar-refractivity contribution is 0.748. The Morgan fingerprint density at radius 3 is 2.23 bits per heavy atom. The van der Waals surface area contributed by atoms with Gasteiger partial charge in [0, 0.05) is 23.8 Å². The van der Waals surface area contributed by atoms with Crippen LogP contribution in [0.15, 0.2) is 53.6 Å². The minimum absolute atomic E-state index is 0.686. The summed E-state index contributed by atoms with van der Waals surface area (Å²) in [4.78, 5) is 2.32. The van der Waals surface area contributed by atoms with E-state index in [-0.39, 0.29) is 0 Å². The number of anilines is 1. The highest BCUT2D eigenvalue weighted by Gasteiger charge is 2.00. The predicted octanol–water partition coefficient (Wildman–Crippen LogP) is 4.31. The first-order valence-corrected chi connectivity index (χ1v) is 7.96. The summed E-state index contributed by atoms with van der Waals surface area (Å²) in [5, 5.41) is 5.00. The van der Waals surface area contributed by atoms with Gasteiger partial charge in [0.1, 0.15) is 0 Å². The monoisotopic (exact) mass is 315 g/mol. The van der Waals surface area contributed by atoms with Gasteiger partial charge in [-0.25, -0.2) is 0 Å². The first-order chi connectivity index (χ1) is 10.7. The molecule has 0 aliphatic carbocycles. The Morgan fingerprint density at radius 2 is 1.64 bits per heavy atom. The van der Waals surface area contributed by atoms with Crippen LogP contribution in [0.2, 0.25) is 5.02 Å². The number of rotatable bonds is 7. The van der Waals surface area contributed by atoms with Crippen molar-refractivity contribution in [3.8, 4) is 0 Å². The van der Waals surface area contributed by atoms with Crippen molar-refractivity contribution < 1.29 is 0 Å². The summed E-state index contributed by atoms with van der Waals surface area (Å²) in [5.74, 6) is 0. The van der Waals surface area contributed by atoms with Crippen molar-refractivity contribution in [3.63, 3.8) is 0 Å². The summed E-state index contributed by atoms with van der Waals surface area (Å²) in [6.07, 6.45) is 1.84. The molecule has 4 heteroatoms. The van der Waals surface area contributed by atoms with Gasteiger partial charge in [0.05, 0.1) is 12.8 Å². The molecule has 1 N–H and O–H groups in total. The topological polar surface area (TPSA) is 27.6 Å². The predicted molar refractivity (Wildman–Crippen MR) is 95.9 cm³/mol. The fourth-order valence-corrected chi connectivity index (χ4v) is 2.35. The Labute approximate surface area is 137 Å². The third kappa shape index (κ3) is 4.78. The first kappa shape index (κ1) is 16.4. The van der Waals surface area contributed by atoms with Gasteiger partial charge in [-0.3, -0.25) is 0 Å². The Hall–Kier alpha value is -2.00. The molecular formula is C18H22ClN3. The lowest BCUT2D eigenvalue weighted by Crippen LogP contribution is -2.21. The van der Waals surface area contributed by atoms with Gasteiger partial charge < -0.3 is 10.3 Å². The molecule has 2 aromatic carbocycles. The lowest BCUT2D eigenvalue weighted by Gasteiger charge is -2.20. The van der Waals surface area contributed by atoms with Crippen molar-refractivity contribution in [2.75, 3.05) is 18.0 Å². The van der Waals surface area contributed by atoms with Crippen LogP contribution in [-0.2, 0) is 6.54 Å². The first-order valence-electron chi connectivity index (χ1n) is 7.58. The molecule has 0 radical (unpaired) electrons. The SMILES string of the molecule is CCN(CC)c1ccc(/C=N\NCc2ccc(Cl)cc2)cc1. The van der Waals surface area contributed by atoms with Gasteiger partial charge in [-0.15, -0.1) is 0 Å². The van der Waals surface area contributed by atoms with Crippen LogP contribution in [0, 0.1) is 0 Å². The molecule has 3 nitrogen and oxygen atoms in total. The maximum Gasteiger partial charge on any atom is 0.0580 e. The van der Waals surface area contributed by atoms with Crippen LogP contribution < -0.4 is 10.3 Å². The van der Waals surface area contributed by atoms with Gasteiger partial charge >= 0.3 is 0 Å². The van der Waals surface area contributed by atoms with E-state index in [1.165, 1.54) is 5.69 Å². The molecule has 0 fully saturated rings. The van der Waals surface area contributed by atoms with Crippen molar-refractivity contribution in [2.24, 2.45) is 5.10 Å². The van der Waals surface area contributed by atoms with Gasteiger partial charge in [-0.1, -0.05) is 35.9 Å². The number of nitrogens with one attached hydrogen (secondary N) is 1. The van der Waals surface area contributed by atoms with Crippen molar-refractivity contribution in [1.29, 1.82) is 0 Å². The zero-order chi connectivity index (χ0) is 15.8. The molecule has 0 atom stereocenters. The molecule has 0 spiro atoms. The van der Waals surface area contributed by atoms with E-state index >= 15 is 0 Å². The van der Waals surface area contributed by atoms with Gasteiger partial charge in [-0.2, -0.15) is 5.10 Å². The van der Waals surface area contributed by atoms with Crippen LogP contribution in [0.5, 0.6) is 0 Å². The average molecular weight is 316 g/mol. The second-order valence-electron chi connectivity index (χ2n) is 4.98. The molecule has 0 heterocycles. The van der Waals surface area contributed by atoms with Gasteiger partial charge in [0.25, 0.3) is 0 Å². The third-order valence-electron chi connectivity index (χ3n) is 3.52. The highest BCUT2D eigenvalue weighted by Crippen LogP contribution is 2.14. The Balaban J connectivity index is 1.86. The van der Waals surface area contributed by atoms with Crippen LogP contribution in [0.1, 0.15) is 25.0 Å². The Kier molecular flexibility index (Phi) is 6.28. The van der Waals surface area contributed by atoms with Crippen molar-refractivity contribution >= 4 is 23.5 Å².